The van der Waals surface area contributed by atoms with Gasteiger partial charge in [0.05, 0.1) is 19.3 Å². The Kier molecular flexibility index (Phi) is 15.8. The van der Waals surface area contributed by atoms with Crippen LogP contribution in [0.3, 0.4) is 0 Å². The van der Waals surface area contributed by atoms with Gasteiger partial charge in [-0.2, -0.15) is 0 Å². The predicted octanol–water partition coefficient (Wildman–Crippen LogP) is 3.02. The zero-order chi connectivity index (χ0) is 20.3. The number of aliphatic hydroxyl groups excluding tert-OH is 3. The number of methoxy groups -OCH3 is 1. The maximum Gasteiger partial charge on any atom is 0.305 e. The van der Waals surface area contributed by atoms with Gasteiger partial charge in [-0.25, -0.2) is 0 Å². The van der Waals surface area contributed by atoms with E-state index in [4.69, 9.17) is 5.11 Å². The average molecular weight is 376 g/mol. The molecule has 5 heteroatoms. The van der Waals surface area contributed by atoms with Gasteiger partial charge in [0.15, 0.2) is 0 Å². The minimum Gasteiger partial charge on any atom is -0.469 e. The van der Waals surface area contributed by atoms with Crippen LogP contribution in [-0.4, -0.2) is 47.2 Å². The molecule has 150 valence electrons. The fourth-order valence-corrected chi connectivity index (χ4v) is 1.79. The van der Waals surface area contributed by atoms with Crippen LogP contribution < -0.4 is 0 Å². The second-order valence-electron chi connectivity index (χ2n) is 5.96. The number of aliphatic hydroxyl groups is 3. The van der Waals surface area contributed by atoms with Gasteiger partial charge in [-0.1, -0.05) is 79.8 Å². The van der Waals surface area contributed by atoms with Gasteiger partial charge in [0.25, 0.3) is 0 Å². The number of ether oxygens (including phenoxy) is 1. The molecule has 0 aliphatic carbocycles. The van der Waals surface area contributed by atoms with Gasteiger partial charge in [-0.05, 0) is 12.8 Å². The molecule has 5 nitrogen and oxygen atoms in total. The second-order valence-corrected chi connectivity index (χ2v) is 5.96. The van der Waals surface area contributed by atoms with Crippen molar-refractivity contribution in [3.05, 3.63) is 72.9 Å². The third-order valence-electron chi connectivity index (χ3n) is 3.57. The summed E-state index contributed by atoms with van der Waals surface area (Å²) in [4.78, 5) is 10.9. The van der Waals surface area contributed by atoms with Crippen molar-refractivity contribution < 1.29 is 24.9 Å². The van der Waals surface area contributed by atoms with Crippen molar-refractivity contribution in [3.63, 3.8) is 0 Å². The predicted molar refractivity (Wildman–Crippen MR) is 109 cm³/mol. The highest BCUT2D eigenvalue weighted by Crippen LogP contribution is 2.03. The van der Waals surface area contributed by atoms with E-state index in [2.05, 4.69) is 4.74 Å². The van der Waals surface area contributed by atoms with Crippen LogP contribution in [0.4, 0.5) is 0 Å². The van der Waals surface area contributed by atoms with E-state index in [-0.39, 0.29) is 18.5 Å². The summed E-state index contributed by atoms with van der Waals surface area (Å²) in [5.41, 5.74) is 0. The molecule has 0 fully saturated rings. The Bertz CT molecular complexity index is 555. The maximum atomic E-state index is 10.9. The number of hydrogen-bond donors (Lipinski definition) is 3. The van der Waals surface area contributed by atoms with Crippen LogP contribution >= 0.6 is 0 Å². The summed E-state index contributed by atoms with van der Waals surface area (Å²) in [6.07, 6.45) is 21.8. The van der Waals surface area contributed by atoms with Gasteiger partial charge in [-0.3, -0.25) is 4.79 Å². The highest BCUT2D eigenvalue weighted by molar-refractivity contribution is 5.69. The molecule has 0 spiro atoms. The lowest BCUT2D eigenvalue weighted by Gasteiger charge is -2.10. The van der Waals surface area contributed by atoms with Gasteiger partial charge < -0.3 is 20.1 Å². The van der Waals surface area contributed by atoms with E-state index in [1.165, 1.54) is 7.11 Å². The first kappa shape index (κ1) is 24.8. The first-order chi connectivity index (χ1) is 13.0. The van der Waals surface area contributed by atoms with Crippen molar-refractivity contribution >= 4 is 5.97 Å². The molecule has 0 unspecified atom stereocenters. The normalized spacial score (nSPS) is 16.5. The van der Waals surface area contributed by atoms with E-state index >= 15 is 0 Å². The molecule has 0 rings (SSSR count). The number of rotatable bonds is 13. The third kappa shape index (κ3) is 15.7. The Morgan fingerprint density at radius 1 is 0.926 bits per heavy atom. The summed E-state index contributed by atoms with van der Waals surface area (Å²) < 4.78 is 4.53. The van der Waals surface area contributed by atoms with E-state index in [1.807, 2.05) is 42.5 Å². The van der Waals surface area contributed by atoms with Crippen molar-refractivity contribution in [2.24, 2.45) is 5.92 Å². The molecule has 0 radical (unpaired) electrons. The van der Waals surface area contributed by atoms with Gasteiger partial charge in [0.1, 0.15) is 0 Å². The fraction of sp³-hybridized carbons (Fsp3) is 0.409. The zero-order valence-electron chi connectivity index (χ0n) is 16.1. The van der Waals surface area contributed by atoms with E-state index in [1.54, 1.807) is 37.3 Å². The van der Waals surface area contributed by atoms with Crippen LogP contribution in [0.25, 0.3) is 0 Å². The monoisotopic (exact) mass is 376 g/mol. The summed E-state index contributed by atoms with van der Waals surface area (Å²) >= 11 is 0. The number of esters is 1. The van der Waals surface area contributed by atoms with E-state index in [0.29, 0.717) is 19.3 Å². The van der Waals surface area contributed by atoms with Crippen molar-refractivity contribution in [1.29, 1.82) is 0 Å². The van der Waals surface area contributed by atoms with Crippen molar-refractivity contribution in [3.8, 4) is 0 Å². The zero-order valence-corrected chi connectivity index (χ0v) is 16.1. The first-order valence-electron chi connectivity index (χ1n) is 9.05. The van der Waals surface area contributed by atoms with Crippen LogP contribution in [0.5, 0.6) is 0 Å². The smallest absolute Gasteiger partial charge is 0.305 e. The third-order valence-corrected chi connectivity index (χ3v) is 3.57. The lowest BCUT2D eigenvalue weighted by Crippen LogP contribution is -2.17. The van der Waals surface area contributed by atoms with Gasteiger partial charge >= 0.3 is 5.97 Å². The SMILES string of the molecule is COC(=O)CC/C=C/[C@@H](O)C/C=C/C=C/C=C/C=C/C=C/[C@@H](O)[C@@H](C)CO. The molecule has 27 heavy (non-hydrogen) atoms. The molecule has 0 saturated carbocycles. The lowest BCUT2D eigenvalue weighted by molar-refractivity contribution is -0.140. The second kappa shape index (κ2) is 17.2. The first-order valence-corrected chi connectivity index (χ1v) is 9.05. The molecule has 3 N–H and O–H groups in total. The summed E-state index contributed by atoms with van der Waals surface area (Å²) in [7, 11) is 1.36. The Balaban J connectivity index is 3.96. The Morgan fingerprint density at radius 2 is 1.52 bits per heavy atom. The minimum absolute atomic E-state index is 0.0455. The quantitative estimate of drug-likeness (QED) is 0.261. The molecule has 3 atom stereocenters. The standard InChI is InChI=1S/C22H32O5/c1-19(18-23)21(25)16-11-9-7-5-3-4-6-8-10-14-20(24)15-12-13-17-22(26)27-2/h3-12,15-16,19-21,23-25H,13-14,17-18H2,1-2H3/b5-3+,6-4+,9-7+,10-8+,15-12+,16-11+/t19-,20-,21+/m0/s1. The molecule has 0 aromatic carbocycles. The molecule has 0 amide bonds. The molecular formula is C22H32O5. The van der Waals surface area contributed by atoms with Crippen LogP contribution in [0.15, 0.2) is 72.9 Å². The number of carbonyl (C=O) groups is 1. The lowest BCUT2D eigenvalue weighted by atomic mass is 10.1. The number of hydrogen-bond acceptors (Lipinski definition) is 5. The summed E-state index contributed by atoms with van der Waals surface area (Å²) in [6, 6.07) is 0. The largest absolute Gasteiger partial charge is 0.469 e. The molecule has 0 aromatic rings. The van der Waals surface area contributed by atoms with Crippen LogP contribution in [0.2, 0.25) is 0 Å². The van der Waals surface area contributed by atoms with Crippen molar-refractivity contribution in [1.82, 2.24) is 0 Å². The Hall–Kier alpha value is -2.21. The molecule has 0 saturated heterocycles. The van der Waals surface area contributed by atoms with Crippen LogP contribution in [0, 0.1) is 5.92 Å². The fourth-order valence-electron chi connectivity index (χ4n) is 1.79. The van der Waals surface area contributed by atoms with Gasteiger partial charge in [-0.15, -0.1) is 0 Å². The molecule has 0 heterocycles. The average Bonchev–Trinajstić information content (AvgIpc) is 2.68. The van der Waals surface area contributed by atoms with Gasteiger partial charge in [0.2, 0.25) is 0 Å². The molecular weight excluding hydrogens is 344 g/mol. The van der Waals surface area contributed by atoms with Crippen molar-refractivity contribution in [2.45, 2.75) is 38.4 Å². The van der Waals surface area contributed by atoms with E-state index < -0.39 is 12.2 Å². The maximum absolute atomic E-state index is 10.9. The highest BCUT2D eigenvalue weighted by atomic mass is 16.5. The summed E-state index contributed by atoms with van der Waals surface area (Å²) in [6.45, 7) is 1.73. The minimum atomic E-state index is -0.647. The molecule has 0 aliphatic rings. The number of allylic oxidation sites excluding steroid dienone is 9. The van der Waals surface area contributed by atoms with E-state index in [0.717, 1.165) is 0 Å². The van der Waals surface area contributed by atoms with Crippen LogP contribution in [-0.2, 0) is 9.53 Å². The Morgan fingerprint density at radius 3 is 2.11 bits per heavy atom. The van der Waals surface area contributed by atoms with E-state index in [9.17, 15) is 15.0 Å². The Labute approximate surface area is 162 Å². The van der Waals surface area contributed by atoms with Crippen LogP contribution in [0.1, 0.15) is 26.2 Å². The topological polar surface area (TPSA) is 87.0 Å². The molecule has 0 aliphatic heterocycles. The number of carbonyl (C=O) groups excluding carboxylic acids is 1. The highest BCUT2D eigenvalue weighted by Gasteiger charge is 2.07. The van der Waals surface area contributed by atoms with Gasteiger partial charge in [0, 0.05) is 18.9 Å². The molecule has 0 bridgehead atoms. The van der Waals surface area contributed by atoms with Crippen molar-refractivity contribution in [2.75, 3.05) is 13.7 Å². The summed E-state index contributed by atoms with van der Waals surface area (Å²) in [5, 5.41) is 28.3. The molecule has 0 aromatic heterocycles. The summed E-state index contributed by atoms with van der Waals surface area (Å²) in [5.74, 6) is -0.430.